The molecule has 28 heavy (non-hydrogen) atoms. The number of sulfone groups is 1. The summed E-state index contributed by atoms with van der Waals surface area (Å²) in [7, 11) is -2.44. The van der Waals surface area contributed by atoms with Crippen molar-refractivity contribution < 1.29 is 13.2 Å². The zero-order valence-corrected chi connectivity index (χ0v) is 18.1. The van der Waals surface area contributed by atoms with Crippen LogP contribution in [0.15, 0.2) is 34.2 Å². The number of hydrogen-bond acceptors (Lipinski definition) is 7. The van der Waals surface area contributed by atoms with Gasteiger partial charge in [-0.3, -0.25) is 0 Å². The van der Waals surface area contributed by atoms with E-state index in [1.807, 2.05) is 4.90 Å². The third-order valence-electron chi connectivity index (χ3n) is 4.34. The van der Waals surface area contributed by atoms with Crippen molar-refractivity contribution >= 4 is 33.2 Å². The molecule has 7 nitrogen and oxygen atoms in total. The van der Waals surface area contributed by atoms with Gasteiger partial charge in [-0.1, -0.05) is 38.3 Å². The minimum atomic E-state index is -3.90. The third kappa shape index (κ3) is 5.05. The van der Waals surface area contributed by atoms with Gasteiger partial charge >= 0.3 is 0 Å². The maximum atomic E-state index is 13.0. The summed E-state index contributed by atoms with van der Waals surface area (Å²) >= 11 is 6.07. The molecule has 0 amide bonds. The number of nitrogen functional groups attached to an aromatic ring is 1. The van der Waals surface area contributed by atoms with Gasteiger partial charge in [0.15, 0.2) is 0 Å². The van der Waals surface area contributed by atoms with E-state index in [1.165, 1.54) is 31.5 Å². The number of aromatic nitrogens is 2. The van der Waals surface area contributed by atoms with Crippen molar-refractivity contribution in [2.45, 2.75) is 49.3 Å². The van der Waals surface area contributed by atoms with E-state index in [4.69, 9.17) is 22.1 Å². The minimum Gasteiger partial charge on any atom is -0.495 e. The average Bonchev–Trinajstić information content (AvgIpc) is 2.67. The average molecular weight is 427 g/mol. The van der Waals surface area contributed by atoms with Crippen molar-refractivity contribution in [2.75, 3.05) is 30.8 Å². The predicted octanol–water partition coefficient (Wildman–Crippen LogP) is 3.96. The van der Waals surface area contributed by atoms with Crippen molar-refractivity contribution in [1.29, 1.82) is 0 Å². The van der Waals surface area contributed by atoms with Crippen LogP contribution in [-0.2, 0) is 9.84 Å². The van der Waals surface area contributed by atoms with Gasteiger partial charge in [0.05, 0.1) is 23.2 Å². The summed E-state index contributed by atoms with van der Waals surface area (Å²) < 4.78 is 31.0. The maximum Gasteiger partial charge on any atom is 0.227 e. The Balaban J connectivity index is 2.37. The first-order valence-corrected chi connectivity index (χ1v) is 11.2. The molecule has 0 saturated carbocycles. The molecule has 2 rings (SSSR count). The van der Waals surface area contributed by atoms with Crippen LogP contribution in [0, 0.1) is 0 Å². The molecule has 1 aromatic carbocycles. The Morgan fingerprint density at radius 1 is 1.18 bits per heavy atom. The van der Waals surface area contributed by atoms with Gasteiger partial charge in [0, 0.05) is 13.1 Å². The minimum absolute atomic E-state index is 0.00942. The lowest BCUT2D eigenvalue weighted by molar-refractivity contribution is 0.414. The molecular weight excluding hydrogens is 400 g/mol. The Labute approximate surface area is 171 Å². The van der Waals surface area contributed by atoms with Crippen LogP contribution in [0.5, 0.6) is 5.75 Å². The largest absolute Gasteiger partial charge is 0.495 e. The van der Waals surface area contributed by atoms with E-state index in [9.17, 15) is 8.42 Å². The summed E-state index contributed by atoms with van der Waals surface area (Å²) in [4.78, 5) is 10.5. The van der Waals surface area contributed by atoms with Crippen LogP contribution in [0.3, 0.4) is 0 Å². The van der Waals surface area contributed by atoms with E-state index >= 15 is 0 Å². The molecule has 0 unspecified atom stereocenters. The standard InChI is InChI=1S/C19H27ClN4O3S/c1-4-6-10-24(11-7-5-2)19-22-13-17(18(21)23-19)28(25,26)14-8-9-16(27-3)15(20)12-14/h8-9,12-13H,4-7,10-11H2,1-3H3,(H2,21,22,23). The lowest BCUT2D eigenvalue weighted by Gasteiger charge is -2.22. The number of nitrogens with two attached hydrogens (primary N) is 1. The fraction of sp³-hybridized carbons (Fsp3) is 0.474. The van der Waals surface area contributed by atoms with Crippen LogP contribution in [0.2, 0.25) is 5.02 Å². The number of halogens is 1. The summed E-state index contributed by atoms with van der Waals surface area (Å²) in [6.45, 7) is 5.83. The van der Waals surface area contributed by atoms with Gasteiger partial charge in [-0.25, -0.2) is 13.4 Å². The predicted molar refractivity (Wildman–Crippen MR) is 112 cm³/mol. The second-order valence-corrected chi connectivity index (χ2v) is 8.74. The highest BCUT2D eigenvalue weighted by molar-refractivity contribution is 7.91. The van der Waals surface area contributed by atoms with Crippen LogP contribution in [-0.4, -0.2) is 38.6 Å². The van der Waals surface area contributed by atoms with Crippen LogP contribution in [0.25, 0.3) is 0 Å². The Hall–Kier alpha value is -2.06. The van der Waals surface area contributed by atoms with E-state index in [0.29, 0.717) is 11.7 Å². The SMILES string of the molecule is CCCCN(CCCC)c1ncc(S(=O)(=O)c2ccc(OC)c(Cl)c2)c(N)n1. The zero-order valence-electron chi connectivity index (χ0n) is 16.5. The zero-order chi connectivity index (χ0) is 20.7. The number of rotatable bonds is 10. The number of hydrogen-bond donors (Lipinski definition) is 1. The number of nitrogens with zero attached hydrogens (tertiary/aromatic N) is 3. The lowest BCUT2D eigenvalue weighted by Crippen LogP contribution is -2.28. The van der Waals surface area contributed by atoms with Crippen LogP contribution in [0.1, 0.15) is 39.5 Å². The highest BCUT2D eigenvalue weighted by Gasteiger charge is 2.24. The first-order valence-electron chi connectivity index (χ1n) is 9.31. The summed E-state index contributed by atoms with van der Waals surface area (Å²) in [6, 6.07) is 4.25. The summed E-state index contributed by atoms with van der Waals surface area (Å²) in [5.41, 5.74) is 6.02. The van der Waals surface area contributed by atoms with E-state index in [1.54, 1.807) is 0 Å². The number of methoxy groups -OCH3 is 1. The Morgan fingerprint density at radius 2 is 1.82 bits per heavy atom. The normalized spacial score (nSPS) is 11.4. The highest BCUT2D eigenvalue weighted by atomic mass is 35.5. The molecule has 0 bridgehead atoms. The van der Waals surface area contributed by atoms with Gasteiger partial charge < -0.3 is 15.4 Å². The van der Waals surface area contributed by atoms with Crippen molar-refractivity contribution in [3.8, 4) is 5.75 Å². The van der Waals surface area contributed by atoms with Gasteiger partial charge in [-0.05, 0) is 31.0 Å². The van der Waals surface area contributed by atoms with Crippen LogP contribution < -0.4 is 15.4 Å². The van der Waals surface area contributed by atoms with Gasteiger partial charge in [0.25, 0.3) is 0 Å². The van der Waals surface area contributed by atoms with E-state index in [-0.39, 0.29) is 20.6 Å². The molecule has 0 aliphatic heterocycles. The Morgan fingerprint density at radius 3 is 2.32 bits per heavy atom. The first kappa shape index (κ1) is 22.2. The van der Waals surface area contributed by atoms with E-state index in [0.717, 1.165) is 38.8 Å². The van der Waals surface area contributed by atoms with Crippen molar-refractivity contribution in [1.82, 2.24) is 9.97 Å². The smallest absolute Gasteiger partial charge is 0.227 e. The van der Waals surface area contributed by atoms with Gasteiger partial charge in [-0.2, -0.15) is 4.98 Å². The van der Waals surface area contributed by atoms with E-state index < -0.39 is 9.84 Å². The van der Waals surface area contributed by atoms with Crippen LogP contribution in [0.4, 0.5) is 11.8 Å². The Bertz CT molecular complexity index is 898. The molecule has 0 atom stereocenters. The van der Waals surface area contributed by atoms with Gasteiger partial charge in [0.1, 0.15) is 16.5 Å². The second kappa shape index (κ2) is 9.93. The molecule has 1 aromatic heterocycles. The third-order valence-corrected chi connectivity index (χ3v) is 6.40. The molecular formula is C19H27ClN4O3S. The summed E-state index contributed by atoms with van der Waals surface area (Å²) in [5.74, 6) is 0.767. The Kier molecular flexibility index (Phi) is 7.88. The first-order chi connectivity index (χ1) is 13.3. The molecule has 0 aliphatic rings. The second-order valence-electron chi connectivity index (χ2n) is 6.41. The molecule has 0 saturated heterocycles. The molecule has 1 heterocycles. The molecule has 0 radical (unpaired) electrons. The van der Waals surface area contributed by atoms with Gasteiger partial charge in [0.2, 0.25) is 15.8 Å². The summed E-state index contributed by atoms with van der Waals surface area (Å²) in [5, 5.41) is 0.199. The fourth-order valence-electron chi connectivity index (χ4n) is 2.68. The molecule has 9 heteroatoms. The van der Waals surface area contributed by atoms with Crippen molar-refractivity contribution in [3.63, 3.8) is 0 Å². The van der Waals surface area contributed by atoms with Crippen LogP contribution >= 0.6 is 11.6 Å². The number of ether oxygens (including phenoxy) is 1. The molecule has 0 spiro atoms. The lowest BCUT2D eigenvalue weighted by atomic mass is 10.3. The van der Waals surface area contributed by atoms with Gasteiger partial charge in [-0.15, -0.1) is 0 Å². The summed E-state index contributed by atoms with van der Waals surface area (Å²) in [6.07, 6.45) is 5.36. The molecule has 2 aromatic rings. The molecule has 2 N–H and O–H groups in total. The highest BCUT2D eigenvalue weighted by Crippen LogP contribution is 2.31. The van der Waals surface area contributed by atoms with E-state index in [2.05, 4.69) is 23.8 Å². The number of benzene rings is 1. The topological polar surface area (TPSA) is 98.4 Å². The monoisotopic (exact) mass is 426 g/mol. The number of anilines is 2. The number of unbranched alkanes of at least 4 members (excludes halogenated alkanes) is 2. The van der Waals surface area contributed by atoms with Crippen molar-refractivity contribution in [2.24, 2.45) is 0 Å². The molecule has 154 valence electrons. The van der Waals surface area contributed by atoms with Crippen molar-refractivity contribution in [3.05, 3.63) is 29.4 Å². The fourth-order valence-corrected chi connectivity index (χ4v) is 4.29. The quantitative estimate of drug-likeness (QED) is 0.613. The maximum absolute atomic E-state index is 13.0. The molecule has 0 aliphatic carbocycles. The molecule has 0 fully saturated rings.